The van der Waals surface area contributed by atoms with Crippen LogP contribution in [0.2, 0.25) is 0 Å². The van der Waals surface area contributed by atoms with Crippen LogP contribution in [0.3, 0.4) is 0 Å². The fourth-order valence-electron chi connectivity index (χ4n) is 2.26. The Morgan fingerprint density at radius 1 is 1.12 bits per heavy atom. The number of hydrogen-bond acceptors (Lipinski definition) is 2. The lowest BCUT2D eigenvalue weighted by Gasteiger charge is -2.13. The standard InChI is InChI=1S/C14H21NO2/c1-2-16-13-6-5-7-14(12-13)17-11-10-15-8-3-4-9-15/h5-7,12H,2-4,8-11H2,1H3/p+1. The molecule has 0 atom stereocenters. The third kappa shape index (κ3) is 3.93. The Kier molecular flexibility index (Phi) is 4.68. The Morgan fingerprint density at radius 3 is 2.53 bits per heavy atom. The molecule has 1 heterocycles. The van der Waals surface area contributed by atoms with Crippen molar-refractivity contribution in [2.75, 3.05) is 32.8 Å². The summed E-state index contributed by atoms with van der Waals surface area (Å²) < 4.78 is 11.2. The molecule has 3 nitrogen and oxygen atoms in total. The van der Waals surface area contributed by atoms with Gasteiger partial charge in [0.05, 0.1) is 19.7 Å². The molecule has 3 heteroatoms. The lowest BCUT2D eigenvalue weighted by molar-refractivity contribution is -0.887. The highest BCUT2D eigenvalue weighted by Gasteiger charge is 2.14. The van der Waals surface area contributed by atoms with Crippen molar-refractivity contribution >= 4 is 0 Å². The first-order valence-electron chi connectivity index (χ1n) is 6.57. The second-order valence-corrected chi connectivity index (χ2v) is 4.46. The highest BCUT2D eigenvalue weighted by molar-refractivity contribution is 5.32. The molecule has 1 saturated heterocycles. The van der Waals surface area contributed by atoms with Gasteiger partial charge in [0.25, 0.3) is 0 Å². The van der Waals surface area contributed by atoms with E-state index in [2.05, 4.69) is 0 Å². The maximum Gasteiger partial charge on any atom is 0.137 e. The molecule has 1 aromatic carbocycles. The third-order valence-corrected chi connectivity index (χ3v) is 3.15. The Labute approximate surface area is 103 Å². The van der Waals surface area contributed by atoms with Gasteiger partial charge in [-0.15, -0.1) is 0 Å². The van der Waals surface area contributed by atoms with Crippen molar-refractivity contribution in [3.63, 3.8) is 0 Å². The molecule has 0 bridgehead atoms. The van der Waals surface area contributed by atoms with Gasteiger partial charge >= 0.3 is 0 Å². The van der Waals surface area contributed by atoms with E-state index in [-0.39, 0.29) is 0 Å². The largest absolute Gasteiger partial charge is 0.494 e. The molecule has 2 rings (SSSR count). The number of quaternary nitrogens is 1. The van der Waals surface area contributed by atoms with Crippen LogP contribution in [0, 0.1) is 0 Å². The molecular formula is C14H22NO2+. The minimum atomic E-state index is 0.696. The Hall–Kier alpha value is -1.22. The predicted molar refractivity (Wildman–Crippen MR) is 67.9 cm³/mol. The van der Waals surface area contributed by atoms with Gasteiger partial charge in [-0.1, -0.05) is 6.07 Å². The van der Waals surface area contributed by atoms with E-state index in [1.807, 2.05) is 31.2 Å². The van der Waals surface area contributed by atoms with Crippen LogP contribution in [0.15, 0.2) is 24.3 Å². The summed E-state index contributed by atoms with van der Waals surface area (Å²) in [5.74, 6) is 1.80. The first-order chi connectivity index (χ1) is 8.38. The van der Waals surface area contributed by atoms with Crippen molar-refractivity contribution in [3.8, 4) is 11.5 Å². The molecule has 1 aromatic rings. The van der Waals surface area contributed by atoms with Gasteiger partial charge in [-0.3, -0.25) is 0 Å². The number of ether oxygens (including phenoxy) is 2. The lowest BCUT2D eigenvalue weighted by atomic mass is 10.3. The Morgan fingerprint density at radius 2 is 1.82 bits per heavy atom. The van der Waals surface area contributed by atoms with Crippen molar-refractivity contribution in [1.82, 2.24) is 0 Å². The van der Waals surface area contributed by atoms with Crippen LogP contribution in [0.4, 0.5) is 0 Å². The number of likely N-dealkylation sites (tertiary alicyclic amines) is 1. The predicted octanol–water partition coefficient (Wildman–Crippen LogP) is 1.14. The summed E-state index contributed by atoms with van der Waals surface area (Å²) in [5, 5.41) is 0. The maximum absolute atomic E-state index is 5.75. The van der Waals surface area contributed by atoms with E-state index in [4.69, 9.17) is 9.47 Å². The fraction of sp³-hybridized carbons (Fsp3) is 0.571. The number of rotatable bonds is 6. The summed E-state index contributed by atoms with van der Waals surface area (Å²) >= 11 is 0. The van der Waals surface area contributed by atoms with E-state index in [0.29, 0.717) is 6.61 Å². The van der Waals surface area contributed by atoms with Gasteiger partial charge in [0.1, 0.15) is 24.7 Å². The van der Waals surface area contributed by atoms with Crippen molar-refractivity contribution in [3.05, 3.63) is 24.3 Å². The van der Waals surface area contributed by atoms with Gasteiger partial charge in [-0.2, -0.15) is 0 Å². The molecular weight excluding hydrogens is 214 g/mol. The average molecular weight is 236 g/mol. The van der Waals surface area contributed by atoms with E-state index < -0.39 is 0 Å². The minimum absolute atomic E-state index is 0.696. The van der Waals surface area contributed by atoms with Gasteiger partial charge in [0.15, 0.2) is 0 Å². The molecule has 1 aliphatic rings. The number of nitrogens with one attached hydrogen (secondary N) is 1. The zero-order valence-corrected chi connectivity index (χ0v) is 10.6. The van der Waals surface area contributed by atoms with Crippen LogP contribution in [0.25, 0.3) is 0 Å². The highest BCUT2D eigenvalue weighted by atomic mass is 16.5. The van der Waals surface area contributed by atoms with Crippen molar-refractivity contribution < 1.29 is 14.4 Å². The summed E-state index contributed by atoms with van der Waals surface area (Å²) in [4.78, 5) is 1.67. The Bertz CT molecular complexity index is 335. The molecule has 1 aliphatic heterocycles. The average Bonchev–Trinajstić information content (AvgIpc) is 2.83. The molecule has 1 N–H and O–H groups in total. The first kappa shape index (κ1) is 12.2. The molecule has 0 saturated carbocycles. The van der Waals surface area contributed by atoms with Gasteiger partial charge < -0.3 is 14.4 Å². The molecule has 0 aromatic heterocycles. The first-order valence-corrected chi connectivity index (χ1v) is 6.57. The summed E-state index contributed by atoms with van der Waals surface area (Å²) in [7, 11) is 0. The molecule has 17 heavy (non-hydrogen) atoms. The topological polar surface area (TPSA) is 22.9 Å². The fourth-order valence-corrected chi connectivity index (χ4v) is 2.26. The molecule has 0 radical (unpaired) electrons. The number of hydrogen-bond donors (Lipinski definition) is 1. The van der Waals surface area contributed by atoms with Crippen LogP contribution in [-0.2, 0) is 0 Å². The normalized spacial score (nSPS) is 16.1. The quantitative estimate of drug-likeness (QED) is 0.800. The minimum Gasteiger partial charge on any atom is -0.494 e. The van der Waals surface area contributed by atoms with Crippen molar-refractivity contribution in [2.45, 2.75) is 19.8 Å². The molecule has 0 aliphatic carbocycles. The Balaban J connectivity index is 1.75. The molecule has 0 unspecified atom stereocenters. The van der Waals surface area contributed by atoms with Crippen LogP contribution in [0.5, 0.6) is 11.5 Å². The van der Waals surface area contributed by atoms with E-state index in [0.717, 1.165) is 24.7 Å². The molecule has 1 fully saturated rings. The molecule has 94 valence electrons. The second-order valence-electron chi connectivity index (χ2n) is 4.46. The van der Waals surface area contributed by atoms with Gasteiger partial charge in [0, 0.05) is 18.9 Å². The van der Waals surface area contributed by atoms with E-state index in [1.165, 1.54) is 25.9 Å². The van der Waals surface area contributed by atoms with Gasteiger partial charge in [-0.25, -0.2) is 0 Å². The van der Waals surface area contributed by atoms with Gasteiger partial charge in [-0.05, 0) is 19.1 Å². The molecule has 0 amide bonds. The van der Waals surface area contributed by atoms with E-state index in [9.17, 15) is 0 Å². The molecule has 0 spiro atoms. The summed E-state index contributed by atoms with van der Waals surface area (Å²) in [6.45, 7) is 7.21. The van der Waals surface area contributed by atoms with E-state index >= 15 is 0 Å². The highest BCUT2D eigenvalue weighted by Crippen LogP contribution is 2.18. The van der Waals surface area contributed by atoms with E-state index in [1.54, 1.807) is 4.90 Å². The van der Waals surface area contributed by atoms with Crippen molar-refractivity contribution in [2.24, 2.45) is 0 Å². The smallest absolute Gasteiger partial charge is 0.137 e. The monoisotopic (exact) mass is 236 g/mol. The number of benzene rings is 1. The zero-order chi connectivity index (χ0) is 11.9. The van der Waals surface area contributed by atoms with Crippen LogP contribution in [0.1, 0.15) is 19.8 Å². The third-order valence-electron chi connectivity index (χ3n) is 3.15. The second kappa shape index (κ2) is 6.50. The van der Waals surface area contributed by atoms with Crippen molar-refractivity contribution in [1.29, 1.82) is 0 Å². The summed E-state index contributed by atoms with van der Waals surface area (Å²) in [5.41, 5.74) is 0. The SMILES string of the molecule is CCOc1cccc(OCC[NH+]2CCCC2)c1. The summed E-state index contributed by atoms with van der Waals surface area (Å²) in [6, 6.07) is 7.88. The van der Waals surface area contributed by atoms with Crippen LogP contribution >= 0.6 is 0 Å². The lowest BCUT2D eigenvalue weighted by Crippen LogP contribution is -3.10. The maximum atomic E-state index is 5.75. The summed E-state index contributed by atoms with van der Waals surface area (Å²) in [6.07, 6.45) is 2.74. The zero-order valence-electron chi connectivity index (χ0n) is 10.6. The van der Waals surface area contributed by atoms with Crippen LogP contribution in [-0.4, -0.2) is 32.8 Å². The van der Waals surface area contributed by atoms with Crippen LogP contribution < -0.4 is 14.4 Å². The van der Waals surface area contributed by atoms with Gasteiger partial charge in [0.2, 0.25) is 0 Å².